The highest BCUT2D eigenvalue weighted by atomic mass is 79.9. The molecule has 0 atom stereocenters. The van der Waals surface area contributed by atoms with Crippen LogP contribution in [0.15, 0.2) is 74.7 Å². The molecule has 0 saturated carbocycles. The fourth-order valence-electron chi connectivity index (χ4n) is 3.33. The van der Waals surface area contributed by atoms with Crippen molar-refractivity contribution in [2.75, 3.05) is 0 Å². The number of nitrogens with zero attached hydrogens (tertiary/aromatic N) is 5. The van der Waals surface area contributed by atoms with Crippen LogP contribution in [0.4, 0.5) is 8.78 Å². The zero-order valence-electron chi connectivity index (χ0n) is 21.1. The monoisotopic (exact) mass is 734 g/mol. The van der Waals surface area contributed by atoms with Gasteiger partial charge in [-0.15, -0.1) is 0 Å². The van der Waals surface area contributed by atoms with E-state index in [0.29, 0.717) is 31.4 Å². The number of nitriles is 2. The Balaban J connectivity index is 0.000000231. The van der Waals surface area contributed by atoms with Crippen LogP contribution in [0, 0.1) is 34.3 Å². The largest absolute Gasteiger partial charge is 0.453 e. The number of nitrogens with two attached hydrogens (primary N) is 1. The van der Waals surface area contributed by atoms with Gasteiger partial charge < -0.3 is 15.2 Å². The number of hydrogen-bond acceptors (Lipinski definition) is 6. The van der Waals surface area contributed by atoms with E-state index in [-0.39, 0.29) is 45.9 Å². The molecule has 8 nitrogen and oxygen atoms in total. The summed E-state index contributed by atoms with van der Waals surface area (Å²) in [6.45, 7) is -0.112. The van der Waals surface area contributed by atoms with Gasteiger partial charge in [0.2, 0.25) is 0 Å². The molecule has 0 bridgehead atoms. The van der Waals surface area contributed by atoms with Gasteiger partial charge in [0.15, 0.2) is 23.1 Å². The predicted octanol–water partition coefficient (Wildman–Crippen LogP) is 10.1. The summed E-state index contributed by atoms with van der Waals surface area (Å²) in [5.41, 5.74) is 15.0. The maximum atomic E-state index is 14.4. The molecule has 212 valence electrons. The minimum Gasteiger partial charge on any atom is -0.453 e. The van der Waals surface area contributed by atoms with Crippen LogP contribution >= 0.6 is 55.1 Å². The van der Waals surface area contributed by atoms with Gasteiger partial charge in [-0.3, -0.25) is 0 Å². The number of ether oxygens (including phenoxy) is 2. The Morgan fingerprint density at radius 1 is 0.810 bits per heavy atom. The molecule has 0 amide bonds. The molecule has 4 aromatic rings. The van der Waals surface area contributed by atoms with Crippen LogP contribution in [-0.4, -0.2) is 0 Å². The lowest BCUT2D eigenvalue weighted by Crippen LogP contribution is -2.01. The van der Waals surface area contributed by atoms with Crippen molar-refractivity contribution in [3.63, 3.8) is 0 Å². The summed E-state index contributed by atoms with van der Waals surface area (Å²) in [6, 6.07) is 19.2. The molecule has 14 heteroatoms. The minimum atomic E-state index is -0.710. The van der Waals surface area contributed by atoms with Gasteiger partial charge >= 0.3 is 0 Å². The van der Waals surface area contributed by atoms with Gasteiger partial charge in [0, 0.05) is 26.0 Å². The smallest absolute Gasteiger partial charge is 0.181 e. The maximum Gasteiger partial charge on any atom is 0.181 e. The quantitative estimate of drug-likeness (QED) is 0.114. The van der Waals surface area contributed by atoms with Crippen molar-refractivity contribution in [2.24, 2.45) is 10.8 Å². The third-order valence-electron chi connectivity index (χ3n) is 5.22. The molecule has 0 unspecified atom stereocenters. The lowest BCUT2D eigenvalue weighted by atomic mass is 10.2. The van der Waals surface area contributed by atoms with E-state index in [4.69, 9.17) is 54.5 Å². The van der Waals surface area contributed by atoms with E-state index in [0.717, 1.165) is 0 Å². The van der Waals surface area contributed by atoms with Gasteiger partial charge in [0.1, 0.15) is 11.5 Å². The number of benzene rings is 4. The van der Waals surface area contributed by atoms with Crippen LogP contribution in [0.5, 0.6) is 23.0 Å². The Labute approximate surface area is 265 Å². The number of halogens is 6. The van der Waals surface area contributed by atoms with E-state index in [9.17, 15) is 8.78 Å². The first kappa shape index (κ1) is 32.6. The molecule has 4 aromatic carbocycles. The zero-order chi connectivity index (χ0) is 30.8. The third-order valence-corrected chi connectivity index (χ3v) is 6.73. The van der Waals surface area contributed by atoms with Gasteiger partial charge in [0.25, 0.3) is 0 Å². The standard InChI is InChI=1S/C14H7BrClFN4O.C14H9BrClFN2O/c15-10-3-8(6-18)4-11(5-10)22-14-12(16)2-1-9(13(14)17)7-20-21-19;15-10-3-8(6-18)4-11(5-10)20-14-12(16)2-1-9(7-19)13(14)17/h1-5H,7H2;1-5H,7,19H2. The first-order chi connectivity index (χ1) is 20.1. The molecule has 0 saturated heterocycles. The Bertz CT molecular complexity index is 1770. The second-order valence-electron chi connectivity index (χ2n) is 8.07. The molecule has 0 heterocycles. The van der Waals surface area contributed by atoms with Gasteiger partial charge in [-0.2, -0.15) is 10.5 Å². The summed E-state index contributed by atoms with van der Waals surface area (Å²) in [5.74, 6) is -1.03. The van der Waals surface area contributed by atoms with Crippen LogP contribution in [0.2, 0.25) is 10.0 Å². The van der Waals surface area contributed by atoms with Crippen molar-refractivity contribution in [2.45, 2.75) is 13.1 Å². The van der Waals surface area contributed by atoms with Gasteiger partial charge in [-0.25, -0.2) is 8.78 Å². The highest BCUT2D eigenvalue weighted by Gasteiger charge is 2.16. The molecule has 0 radical (unpaired) electrons. The molecule has 0 aliphatic carbocycles. The highest BCUT2D eigenvalue weighted by molar-refractivity contribution is 9.10. The minimum absolute atomic E-state index is 0.0429. The average molecular weight is 737 g/mol. The van der Waals surface area contributed by atoms with Crippen molar-refractivity contribution < 1.29 is 18.3 Å². The fourth-order valence-corrected chi connectivity index (χ4v) is 4.64. The van der Waals surface area contributed by atoms with Crippen molar-refractivity contribution in [3.8, 4) is 35.1 Å². The van der Waals surface area contributed by atoms with Gasteiger partial charge in [-0.1, -0.05) is 72.3 Å². The average Bonchev–Trinajstić information content (AvgIpc) is 2.97. The summed E-state index contributed by atoms with van der Waals surface area (Å²) in [4.78, 5) is 2.58. The molecule has 0 fully saturated rings. The zero-order valence-corrected chi connectivity index (χ0v) is 25.8. The molecular formula is C28H16Br2Cl2F2N6O2. The van der Waals surface area contributed by atoms with Crippen molar-refractivity contribution >= 4 is 55.1 Å². The number of rotatable bonds is 7. The Morgan fingerprint density at radius 2 is 1.26 bits per heavy atom. The first-order valence-electron chi connectivity index (χ1n) is 11.5. The van der Waals surface area contributed by atoms with Gasteiger partial charge in [-0.05, 0) is 59.6 Å². The van der Waals surface area contributed by atoms with E-state index < -0.39 is 11.6 Å². The second kappa shape index (κ2) is 15.4. The molecule has 42 heavy (non-hydrogen) atoms. The molecule has 4 rings (SSSR count). The van der Waals surface area contributed by atoms with E-state index in [1.54, 1.807) is 24.3 Å². The molecule has 0 spiro atoms. The topological polar surface area (TPSA) is 141 Å². The normalized spacial score (nSPS) is 9.93. The van der Waals surface area contributed by atoms with Crippen LogP contribution in [0.3, 0.4) is 0 Å². The maximum absolute atomic E-state index is 14.4. The van der Waals surface area contributed by atoms with Crippen molar-refractivity contribution in [3.05, 3.63) is 124 Å². The number of hydrogen-bond donors (Lipinski definition) is 1. The van der Waals surface area contributed by atoms with Crippen LogP contribution in [0.1, 0.15) is 22.3 Å². The second-order valence-corrected chi connectivity index (χ2v) is 10.7. The molecule has 0 aliphatic heterocycles. The summed E-state index contributed by atoms with van der Waals surface area (Å²) in [6.07, 6.45) is 0. The Hall–Kier alpha value is -3.87. The summed E-state index contributed by atoms with van der Waals surface area (Å²) < 4.78 is 40.7. The molecule has 2 N–H and O–H groups in total. The Kier molecular flexibility index (Phi) is 12.0. The first-order valence-corrected chi connectivity index (χ1v) is 13.9. The van der Waals surface area contributed by atoms with Crippen LogP contribution in [-0.2, 0) is 13.1 Å². The highest BCUT2D eigenvalue weighted by Crippen LogP contribution is 2.36. The fraction of sp³-hybridized carbons (Fsp3) is 0.0714. The lowest BCUT2D eigenvalue weighted by Gasteiger charge is -2.11. The molecule has 0 aliphatic rings. The van der Waals surface area contributed by atoms with E-state index in [2.05, 4.69) is 41.9 Å². The van der Waals surface area contributed by atoms with E-state index in [1.807, 2.05) is 12.1 Å². The van der Waals surface area contributed by atoms with E-state index >= 15 is 0 Å². The Morgan fingerprint density at radius 3 is 1.69 bits per heavy atom. The SMILES string of the molecule is N#Cc1cc(Br)cc(Oc2c(Cl)ccc(CN)c2F)c1.N#Cc1cc(Br)cc(Oc2c(Cl)ccc(CN=[N+]=[N-])c2F)c1. The van der Waals surface area contributed by atoms with Gasteiger partial charge in [0.05, 0.1) is 39.9 Å². The summed E-state index contributed by atoms with van der Waals surface area (Å²) in [7, 11) is 0. The third kappa shape index (κ3) is 8.57. The summed E-state index contributed by atoms with van der Waals surface area (Å²) in [5, 5.41) is 21.4. The van der Waals surface area contributed by atoms with Crippen molar-refractivity contribution in [1.82, 2.24) is 0 Å². The van der Waals surface area contributed by atoms with Crippen molar-refractivity contribution in [1.29, 1.82) is 10.5 Å². The number of azide groups is 1. The lowest BCUT2D eigenvalue weighted by molar-refractivity contribution is 0.438. The van der Waals surface area contributed by atoms with Crippen LogP contribution in [0.25, 0.3) is 10.4 Å². The van der Waals surface area contributed by atoms with E-state index in [1.165, 1.54) is 36.4 Å². The molecular weight excluding hydrogens is 721 g/mol. The van der Waals surface area contributed by atoms with Crippen LogP contribution < -0.4 is 15.2 Å². The molecule has 0 aromatic heterocycles. The summed E-state index contributed by atoms with van der Waals surface area (Å²) >= 11 is 18.4. The predicted molar refractivity (Wildman–Crippen MR) is 161 cm³/mol.